The SMILES string of the molecule is O=C1C(=O)N(c2cccc(F)c2)CCN1Cc1cc(=O)n2ccccc2n1. The largest absolute Gasteiger partial charge is 0.327 e. The maximum Gasteiger partial charge on any atom is 0.316 e. The Balaban J connectivity index is 1.56. The molecule has 0 N–H and O–H groups in total. The molecule has 1 aromatic carbocycles. The number of carbonyl (C=O) groups excluding carboxylic acids is 2. The van der Waals surface area contributed by atoms with Crippen LogP contribution in [0.2, 0.25) is 0 Å². The molecular weight excluding hydrogens is 351 g/mol. The van der Waals surface area contributed by atoms with E-state index in [9.17, 15) is 18.8 Å². The fraction of sp³-hybridized carbons (Fsp3) is 0.158. The minimum absolute atomic E-state index is 0.0577. The second-order valence-electron chi connectivity index (χ2n) is 6.18. The van der Waals surface area contributed by atoms with Crippen molar-refractivity contribution in [2.75, 3.05) is 18.0 Å². The molecule has 27 heavy (non-hydrogen) atoms. The lowest BCUT2D eigenvalue weighted by atomic mass is 10.2. The Kier molecular flexibility index (Phi) is 4.15. The summed E-state index contributed by atoms with van der Waals surface area (Å²) in [4.78, 5) is 44.1. The third-order valence-electron chi connectivity index (χ3n) is 4.41. The topological polar surface area (TPSA) is 75.0 Å². The molecule has 3 heterocycles. The summed E-state index contributed by atoms with van der Waals surface area (Å²) < 4.78 is 14.8. The number of rotatable bonds is 3. The van der Waals surface area contributed by atoms with E-state index in [1.54, 1.807) is 30.5 Å². The Hall–Kier alpha value is -3.55. The lowest BCUT2D eigenvalue weighted by Gasteiger charge is -2.33. The van der Waals surface area contributed by atoms with Crippen LogP contribution in [0.25, 0.3) is 5.65 Å². The number of pyridine rings is 1. The first-order valence-corrected chi connectivity index (χ1v) is 8.36. The quantitative estimate of drug-likeness (QED) is 0.653. The van der Waals surface area contributed by atoms with Gasteiger partial charge in [-0.05, 0) is 30.3 Å². The summed E-state index contributed by atoms with van der Waals surface area (Å²) in [6, 6.07) is 12.1. The third-order valence-corrected chi connectivity index (χ3v) is 4.41. The van der Waals surface area contributed by atoms with E-state index in [2.05, 4.69) is 4.98 Å². The molecule has 136 valence electrons. The second kappa shape index (κ2) is 6.64. The van der Waals surface area contributed by atoms with Crippen molar-refractivity contribution in [1.29, 1.82) is 0 Å². The van der Waals surface area contributed by atoms with E-state index in [0.29, 0.717) is 17.0 Å². The number of fused-ring (bicyclic) bond motifs is 1. The molecule has 2 amide bonds. The van der Waals surface area contributed by atoms with Crippen molar-refractivity contribution in [3.8, 4) is 0 Å². The number of benzene rings is 1. The molecule has 1 fully saturated rings. The highest BCUT2D eigenvalue weighted by molar-refractivity contribution is 6.40. The van der Waals surface area contributed by atoms with Crippen molar-refractivity contribution in [3.05, 3.63) is 76.6 Å². The Morgan fingerprint density at radius 3 is 2.63 bits per heavy atom. The van der Waals surface area contributed by atoms with Crippen LogP contribution in [-0.2, 0) is 16.1 Å². The van der Waals surface area contributed by atoms with Crippen molar-refractivity contribution in [1.82, 2.24) is 14.3 Å². The van der Waals surface area contributed by atoms with Crippen molar-refractivity contribution in [3.63, 3.8) is 0 Å². The van der Waals surface area contributed by atoms with E-state index < -0.39 is 17.6 Å². The smallest absolute Gasteiger partial charge is 0.316 e. The van der Waals surface area contributed by atoms with Gasteiger partial charge in [0.15, 0.2) is 0 Å². The van der Waals surface area contributed by atoms with Crippen LogP contribution in [0.4, 0.5) is 10.1 Å². The Bertz CT molecular complexity index is 1110. The van der Waals surface area contributed by atoms with Crippen molar-refractivity contribution in [2.24, 2.45) is 0 Å². The molecule has 0 aliphatic carbocycles. The highest BCUT2D eigenvalue weighted by atomic mass is 19.1. The fourth-order valence-electron chi connectivity index (χ4n) is 3.10. The van der Waals surface area contributed by atoms with Gasteiger partial charge < -0.3 is 9.80 Å². The predicted molar refractivity (Wildman–Crippen MR) is 95.6 cm³/mol. The van der Waals surface area contributed by atoms with E-state index in [1.165, 1.54) is 38.5 Å². The minimum atomic E-state index is -0.732. The fourth-order valence-corrected chi connectivity index (χ4v) is 3.10. The van der Waals surface area contributed by atoms with Crippen LogP contribution in [0.1, 0.15) is 5.69 Å². The number of hydrogen-bond acceptors (Lipinski definition) is 4. The summed E-state index contributed by atoms with van der Waals surface area (Å²) in [7, 11) is 0. The Labute approximate surface area is 153 Å². The Morgan fingerprint density at radius 2 is 1.81 bits per heavy atom. The van der Waals surface area contributed by atoms with Crippen molar-refractivity contribution >= 4 is 23.1 Å². The van der Waals surface area contributed by atoms with Crippen LogP contribution in [0.15, 0.2) is 59.5 Å². The minimum Gasteiger partial charge on any atom is -0.327 e. The number of anilines is 1. The zero-order chi connectivity index (χ0) is 19.0. The molecule has 4 rings (SSSR count). The second-order valence-corrected chi connectivity index (χ2v) is 6.18. The van der Waals surface area contributed by atoms with E-state index in [0.717, 1.165) is 0 Å². The van der Waals surface area contributed by atoms with Gasteiger partial charge >= 0.3 is 11.8 Å². The van der Waals surface area contributed by atoms with Crippen molar-refractivity contribution in [2.45, 2.75) is 6.54 Å². The number of hydrogen-bond donors (Lipinski definition) is 0. The molecule has 3 aromatic rings. The number of halogens is 1. The van der Waals surface area contributed by atoms with Gasteiger partial charge in [-0.2, -0.15) is 0 Å². The molecule has 0 atom stereocenters. The lowest BCUT2D eigenvalue weighted by Crippen LogP contribution is -2.54. The molecule has 0 unspecified atom stereocenters. The lowest BCUT2D eigenvalue weighted by molar-refractivity contribution is -0.146. The highest BCUT2D eigenvalue weighted by Crippen LogP contribution is 2.19. The van der Waals surface area contributed by atoms with Crippen LogP contribution < -0.4 is 10.5 Å². The molecule has 1 aliphatic rings. The zero-order valence-electron chi connectivity index (χ0n) is 14.2. The van der Waals surface area contributed by atoms with Gasteiger partial charge in [0.05, 0.1) is 12.2 Å². The first kappa shape index (κ1) is 16.9. The molecule has 2 aromatic heterocycles. The van der Waals surface area contributed by atoms with Gasteiger partial charge in [-0.25, -0.2) is 9.37 Å². The zero-order valence-corrected chi connectivity index (χ0v) is 14.2. The Morgan fingerprint density at radius 1 is 0.963 bits per heavy atom. The molecule has 0 spiro atoms. The van der Waals surface area contributed by atoms with Gasteiger partial charge in [0, 0.05) is 31.0 Å². The van der Waals surface area contributed by atoms with Crippen LogP contribution in [-0.4, -0.2) is 39.2 Å². The van der Waals surface area contributed by atoms with Gasteiger partial charge in [0.1, 0.15) is 11.5 Å². The molecule has 7 nitrogen and oxygen atoms in total. The highest BCUT2D eigenvalue weighted by Gasteiger charge is 2.33. The van der Waals surface area contributed by atoms with E-state index in [1.807, 2.05) is 0 Å². The number of amides is 2. The van der Waals surface area contributed by atoms with Crippen molar-refractivity contribution < 1.29 is 14.0 Å². The molecule has 0 radical (unpaired) electrons. The van der Waals surface area contributed by atoms with E-state index >= 15 is 0 Å². The average Bonchev–Trinajstić information content (AvgIpc) is 2.66. The van der Waals surface area contributed by atoms with Gasteiger partial charge in [0.25, 0.3) is 5.56 Å². The molecule has 0 bridgehead atoms. The summed E-state index contributed by atoms with van der Waals surface area (Å²) in [6.07, 6.45) is 1.61. The standard InChI is InChI=1S/C19H15FN4O3/c20-13-4-3-5-15(10-13)23-9-8-22(18(26)19(23)27)12-14-11-17(25)24-7-2-1-6-16(24)21-14/h1-7,10-11H,8-9,12H2. The van der Waals surface area contributed by atoms with Crippen LogP contribution in [0.5, 0.6) is 0 Å². The summed E-state index contributed by atoms with van der Waals surface area (Å²) in [5.74, 6) is -1.92. The predicted octanol–water partition coefficient (Wildman–Crippen LogP) is 1.21. The first-order chi connectivity index (χ1) is 13.0. The maximum absolute atomic E-state index is 13.4. The number of nitrogens with zero attached hydrogens (tertiary/aromatic N) is 4. The van der Waals surface area contributed by atoms with Gasteiger partial charge in [0.2, 0.25) is 0 Å². The number of carbonyl (C=O) groups is 2. The summed E-state index contributed by atoms with van der Waals surface area (Å²) in [5, 5.41) is 0. The molecule has 0 saturated carbocycles. The first-order valence-electron chi connectivity index (χ1n) is 8.36. The van der Waals surface area contributed by atoms with E-state index in [-0.39, 0.29) is 25.2 Å². The van der Waals surface area contributed by atoms with Gasteiger partial charge in [-0.15, -0.1) is 0 Å². The monoisotopic (exact) mass is 366 g/mol. The summed E-state index contributed by atoms with van der Waals surface area (Å²) >= 11 is 0. The van der Waals surface area contributed by atoms with Crippen LogP contribution >= 0.6 is 0 Å². The summed E-state index contributed by atoms with van der Waals surface area (Å²) in [6.45, 7) is 0.555. The summed E-state index contributed by atoms with van der Waals surface area (Å²) in [5.41, 5.74) is 0.964. The maximum atomic E-state index is 13.4. The van der Waals surface area contributed by atoms with Crippen LogP contribution in [0, 0.1) is 5.82 Å². The molecule has 1 aliphatic heterocycles. The molecular formula is C19H15FN4O3. The van der Waals surface area contributed by atoms with Gasteiger partial charge in [-0.1, -0.05) is 12.1 Å². The van der Waals surface area contributed by atoms with Gasteiger partial charge in [-0.3, -0.25) is 18.8 Å². The third kappa shape index (κ3) is 3.17. The number of piperazine rings is 1. The number of aromatic nitrogens is 2. The molecule has 1 saturated heterocycles. The normalized spacial score (nSPS) is 14.9. The molecule has 8 heteroatoms. The van der Waals surface area contributed by atoms with Crippen LogP contribution in [0.3, 0.4) is 0 Å². The van der Waals surface area contributed by atoms with E-state index in [4.69, 9.17) is 0 Å². The average molecular weight is 366 g/mol.